The first-order valence-electron chi connectivity index (χ1n) is 8.06. The molecule has 1 aromatic heterocycles. The summed E-state index contributed by atoms with van der Waals surface area (Å²) < 4.78 is 5.39. The molecule has 0 saturated carbocycles. The fourth-order valence-corrected chi connectivity index (χ4v) is 2.75. The highest BCUT2D eigenvalue weighted by Crippen LogP contribution is 2.22. The van der Waals surface area contributed by atoms with E-state index in [9.17, 15) is 0 Å². The molecular formula is C18H19N5O. The Morgan fingerprint density at radius 1 is 0.958 bits per heavy atom. The molecule has 0 radical (unpaired) electrons. The molecule has 3 aromatic rings. The Labute approximate surface area is 140 Å². The number of ether oxygens (including phenoxy) is 1. The number of anilines is 3. The standard InChI is InChI=1S/C18H19N5O/c1-2-4-14(5-3-1)17-20-18(22-21-17)19-15-6-8-16(9-7-15)23-10-12-24-13-11-23/h1-9H,10-13H2,(H2,19,20,21,22). The van der Waals surface area contributed by atoms with Crippen LogP contribution in [0.1, 0.15) is 0 Å². The molecule has 2 heterocycles. The molecule has 2 N–H and O–H groups in total. The third-order valence-electron chi connectivity index (χ3n) is 4.03. The number of benzene rings is 2. The van der Waals surface area contributed by atoms with Crippen LogP contribution in [0.2, 0.25) is 0 Å². The number of hydrogen-bond acceptors (Lipinski definition) is 5. The van der Waals surface area contributed by atoms with Gasteiger partial charge in [0, 0.05) is 30.0 Å². The highest BCUT2D eigenvalue weighted by molar-refractivity contribution is 5.61. The Bertz CT molecular complexity index is 779. The van der Waals surface area contributed by atoms with Gasteiger partial charge in [0.2, 0.25) is 5.95 Å². The molecule has 0 spiro atoms. The van der Waals surface area contributed by atoms with Crippen molar-refractivity contribution in [3.8, 4) is 11.4 Å². The van der Waals surface area contributed by atoms with Gasteiger partial charge in [0.25, 0.3) is 0 Å². The zero-order valence-electron chi connectivity index (χ0n) is 13.3. The van der Waals surface area contributed by atoms with Crippen LogP contribution >= 0.6 is 0 Å². The zero-order chi connectivity index (χ0) is 16.2. The van der Waals surface area contributed by atoms with E-state index in [0.717, 1.165) is 43.4 Å². The van der Waals surface area contributed by atoms with Gasteiger partial charge in [-0.2, -0.15) is 4.98 Å². The van der Waals surface area contributed by atoms with Crippen LogP contribution in [0.3, 0.4) is 0 Å². The van der Waals surface area contributed by atoms with Crippen molar-refractivity contribution in [3.05, 3.63) is 54.6 Å². The van der Waals surface area contributed by atoms with E-state index >= 15 is 0 Å². The Hall–Kier alpha value is -2.86. The van der Waals surface area contributed by atoms with Crippen molar-refractivity contribution in [2.45, 2.75) is 0 Å². The lowest BCUT2D eigenvalue weighted by Crippen LogP contribution is -2.36. The van der Waals surface area contributed by atoms with E-state index < -0.39 is 0 Å². The average molecular weight is 321 g/mol. The van der Waals surface area contributed by atoms with Crippen LogP contribution in [0.15, 0.2) is 54.6 Å². The number of hydrogen-bond donors (Lipinski definition) is 2. The third-order valence-corrected chi connectivity index (χ3v) is 4.03. The smallest absolute Gasteiger partial charge is 0.246 e. The largest absolute Gasteiger partial charge is 0.378 e. The quantitative estimate of drug-likeness (QED) is 0.773. The summed E-state index contributed by atoms with van der Waals surface area (Å²) in [7, 11) is 0. The van der Waals surface area contributed by atoms with Gasteiger partial charge in [0.05, 0.1) is 13.2 Å². The van der Waals surface area contributed by atoms with Crippen LogP contribution in [0, 0.1) is 0 Å². The third kappa shape index (κ3) is 3.23. The number of morpholine rings is 1. The summed E-state index contributed by atoms with van der Waals surface area (Å²) in [5.41, 5.74) is 3.19. The predicted molar refractivity (Wildman–Crippen MR) is 94.6 cm³/mol. The number of aromatic amines is 1. The van der Waals surface area contributed by atoms with E-state index in [0.29, 0.717) is 5.95 Å². The molecule has 24 heavy (non-hydrogen) atoms. The lowest BCUT2D eigenvalue weighted by molar-refractivity contribution is 0.122. The topological polar surface area (TPSA) is 66.1 Å². The Morgan fingerprint density at radius 2 is 1.71 bits per heavy atom. The summed E-state index contributed by atoms with van der Waals surface area (Å²) in [5.74, 6) is 1.32. The second kappa shape index (κ2) is 6.72. The molecule has 1 aliphatic heterocycles. The molecule has 4 rings (SSSR count). The molecule has 1 saturated heterocycles. The summed E-state index contributed by atoms with van der Waals surface area (Å²) >= 11 is 0. The lowest BCUT2D eigenvalue weighted by Gasteiger charge is -2.28. The number of aromatic nitrogens is 3. The van der Waals surface area contributed by atoms with E-state index in [2.05, 4.69) is 37.5 Å². The van der Waals surface area contributed by atoms with Gasteiger partial charge >= 0.3 is 0 Å². The molecule has 2 aromatic carbocycles. The van der Waals surface area contributed by atoms with Crippen molar-refractivity contribution in [3.63, 3.8) is 0 Å². The van der Waals surface area contributed by atoms with Crippen molar-refractivity contribution in [1.29, 1.82) is 0 Å². The number of rotatable bonds is 4. The second-order valence-corrected chi connectivity index (χ2v) is 5.64. The number of H-pyrrole nitrogens is 1. The Morgan fingerprint density at radius 3 is 2.46 bits per heavy atom. The molecule has 0 bridgehead atoms. The fourth-order valence-electron chi connectivity index (χ4n) is 2.75. The molecule has 0 atom stereocenters. The fraction of sp³-hybridized carbons (Fsp3) is 0.222. The minimum absolute atomic E-state index is 0.563. The van der Waals surface area contributed by atoms with Gasteiger partial charge in [-0.15, -0.1) is 5.10 Å². The highest BCUT2D eigenvalue weighted by atomic mass is 16.5. The summed E-state index contributed by atoms with van der Waals surface area (Å²) in [4.78, 5) is 6.81. The van der Waals surface area contributed by atoms with Crippen molar-refractivity contribution in [2.75, 3.05) is 36.5 Å². The van der Waals surface area contributed by atoms with Gasteiger partial charge in [-0.3, -0.25) is 5.10 Å². The van der Waals surface area contributed by atoms with Gasteiger partial charge in [0.1, 0.15) is 0 Å². The number of nitrogens with one attached hydrogen (secondary N) is 2. The number of nitrogens with zero attached hydrogens (tertiary/aromatic N) is 3. The molecular weight excluding hydrogens is 302 g/mol. The van der Waals surface area contributed by atoms with E-state index in [1.807, 2.05) is 42.5 Å². The Kier molecular flexibility index (Phi) is 4.12. The summed E-state index contributed by atoms with van der Waals surface area (Å²) in [6, 6.07) is 18.3. The van der Waals surface area contributed by atoms with Crippen molar-refractivity contribution >= 4 is 17.3 Å². The van der Waals surface area contributed by atoms with Crippen LogP contribution in [-0.2, 0) is 4.74 Å². The predicted octanol–water partition coefficient (Wildman–Crippen LogP) is 3.05. The van der Waals surface area contributed by atoms with Gasteiger partial charge < -0.3 is 15.0 Å². The summed E-state index contributed by atoms with van der Waals surface area (Å²) in [6.07, 6.45) is 0. The monoisotopic (exact) mass is 321 g/mol. The van der Waals surface area contributed by atoms with E-state index in [4.69, 9.17) is 4.74 Å². The van der Waals surface area contributed by atoms with Gasteiger partial charge in [-0.25, -0.2) is 0 Å². The summed E-state index contributed by atoms with van der Waals surface area (Å²) in [5, 5.41) is 10.4. The van der Waals surface area contributed by atoms with Crippen molar-refractivity contribution in [2.24, 2.45) is 0 Å². The maximum Gasteiger partial charge on any atom is 0.246 e. The van der Waals surface area contributed by atoms with Crippen LogP contribution < -0.4 is 10.2 Å². The zero-order valence-corrected chi connectivity index (χ0v) is 13.3. The van der Waals surface area contributed by atoms with Crippen LogP contribution in [0.4, 0.5) is 17.3 Å². The molecule has 6 nitrogen and oxygen atoms in total. The van der Waals surface area contributed by atoms with Crippen molar-refractivity contribution in [1.82, 2.24) is 15.2 Å². The van der Waals surface area contributed by atoms with E-state index in [-0.39, 0.29) is 0 Å². The van der Waals surface area contributed by atoms with E-state index in [1.54, 1.807) is 0 Å². The Balaban J connectivity index is 1.45. The maximum atomic E-state index is 5.39. The van der Waals surface area contributed by atoms with Crippen LogP contribution in [0.5, 0.6) is 0 Å². The minimum Gasteiger partial charge on any atom is -0.378 e. The first-order chi connectivity index (χ1) is 11.9. The second-order valence-electron chi connectivity index (χ2n) is 5.64. The first-order valence-corrected chi connectivity index (χ1v) is 8.06. The maximum absolute atomic E-state index is 5.39. The van der Waals surface area contributed by atoms with Crippen LogP contribution in [-0.4, -0.2) is 41.5 Å². The lowest BCUT2D eigenvalue weighted by atomic mass is 10.2. The van der Waals surface area contributed by atoms with Gasteiger partial charge in [-0.05, 0) is 24.3 Å². The van der Waals surface area contributed by atoms with Gasteiger partial charge in [0.15, 0.2) is 5.82 Å². The van der Waals surface area contributed by atoms with E-state index in [1.165, 1.54) is 5.69 Å². The van der Waals surface area contributed by atoms with Gasteiger partial charge in [-0.1, -0.05) is 30.3 Å². The molecule has 1 aliphatic rings. The molecule has 0 amide bonds. The molecule has 1 fully saturated rings. The average Bonchev–Trinajstić information content (AvgIpc) is 3.12. The normalized spacial score (nSPS) is 14.6. The molecule has 6 heteroatoms. The first kappa shape index (κ1) is 14.7. The molecule has 0 aliphatic carbocycles. The highest BCUT2D eigenvalue weighted by Gasteiger charge is 2.11. The SMILES string of the molecule is c1ccc(-c2nc(Nc3ccc(N4CCOCC4)cc3)n[nH]2)cc1. The molecule has 122 valence electrons. The van der Waals surface area contributed by atoms with Crippen molar-refractivity contribution < 1.29 is 4.74 Å². The van der Waals surface area contributed by atoms with Crippen LogP contribution in [0.25, 0.3) is 11.4 Å². The molecule has 0 unspecified atom stereocenters. The minimum atomic E-state index is 0.563. The summed E-state index contributed by atoms with van der Waals surface area (Å²) in [6.45, 7) is 3.46.